The standard InChI is InChI=1S/C22H25ClN2O2/c1-15-7-8-17(16(2)13-15)5-3-11-24-22(27)18-9-10-19(23)20(14-18)25-12-4-6-21(25)26/h7-10,13-14H,3-6,11-12H2,1-2H3,(H,24,27). The molecule has 27 heavy (non-hydrogen) atoms. The number of rotatable bonds is 6. The predicted molar refractivity (Wildman–Crippen MR) is 110 cm³/mol. The molecule has 4 nitrogen and oxygen atoms in total. The first-order valence-electron chi connectivity index (χ1n) is 9.40. The van der Waals surface area contributed by atoms with Crippen LogP contribution >= 0.6 is 11.6 Å². The number of anilines is 1. The van der Waals surface area contributed by atoms with E-state index in [1.807, 2.05) is 0 Å². The minimum absolute atomic E-state index is 0.0583. The summed E-state index contributed by atoms with van der Waals surface area (Å²) in [5, 5.41) is 3.46. The number of nitrogens with zero attached hydrogens (tertiary/aromatic N) is 1. The highest BCUT2D eigenvalue weighted by Crippen LogP contribution is 2.30. The largest absolute Gasteiger partial charge is 0.352 e. The van der Waals surface area contributed by atoms with Gasteiger partial charge in [0.05, 0.1) is 10.7 Å². The first-order valence-corrected chi connectivity index (χ1v) is 9.78. The molecule has 1 fully saturated rings. The molecule has 2 aromatic rings. The highest BCUT2D eigenvalue weighted by molar-refractivity contribution is 6.34. The summed E-state index contributed by atoms with van der Waals surface area (Å²) in [6.07, 6.45) is 3.16. The lowest BCUT2D eigenvalue weighted by atomic mass is 10.0. The molecular weight excluding hydrogens is 360 g/mol. The van der Waals surface area contributed by atoms with Crippen LogP contribution in [0.15, 0.2) is 36.4 Å². The van der Waals surface area contributed by atoms with Crippen LogP contribution in [0.25, 0.3) is 0 Å². The van der Waals surface area contributed by atoms with Crippen molar-refractivity contribution < 1.29 is 9.59 Å². The van der Waals surface area contributed by atoms with Gasteiger partial charge < -0.3 is 10.2 Å². The summed E-state index contributed by atoms with van der Waals surface area (Å²) in [5.74, 6) is -0.0804. The lowest BCUT2D eigenvalue weighted by Crippen LogP contribution is -2.27. The van der Waals surface area contributed by atoms with Crippen LogP contribution in [0.3, 0.4) is 0 Å². The van der Waals surface area contributed by atoms with Gasteiger partial charge in [-0.25, -0.2) is 0 Å². The fraction of sp³-hybridized carbons (Fsp3) is 0.364. The summed E-state index contributed by atoms with van der Waals surface area (Å²) < 4.78 is 0. The number of benzene rings is 2. The minimum Gasteiger partial charge on any atom is -0.352 e. The summed E-state index contributed by atoms with van der Waals surface area (Å²) in [7, 11) is 0. The highest BCUT2D eigenvalue weighted by atomic mass is 35.5. The van der Waals surface area contributed by atoms with Crippen LogP contribution in [0.4, 0.5) is 5.69 Å². The Hall–Kier alpha value is -2.33. The molecule has 142 valence electrons. The molecule has 1 saturated heterocycles. The normalized spacial score (nSPS) is 13.9. The van der Waals surface area contributed by atoms with Crippen molar-refractivity contribution >= 4 is 29.1 Å². The van der Waals surface area contributed by atoms with E-state index in [1.165, 1.54) is 16.7 Å². The van der Waals surface area contributed by atoms with Gasteiger partial charge in [0.15, 0.2) is 0 Å². The Bertz CT molecular complexity index is 863. The van der Waals surface area contributed by atoms with Crippen LogP contribution < -0.4 is 10.2 Å². The number of carbonyl (C=O) groups is 2. The van der Waals surface area contributed by atoms with Gasteiger partial charge in [-0.15, -0.1) is 0 Å². The third-order valence-electron chi connectivity index (χ3n) is 4.98. The molecule has 2 aromatic carbocycles. The van der Waals surface area contributed by atoms with Crippen LogP contribution in [0.2, 0.25) is 5.02 Å². The fourth-order valence-electron chi connectivity index (χ4n) is 3.47. The Labute approximate surface area is 165 Å². The third kappa shape index (κ3) is 4.69. The zero-order valence-electron chi connectivity index (χ0n) is 15.8. The van der Waals surface area contributed by atoms with Gasteiger partial charge in [-0.05, 0) is 62.4 Å². The molecule has 0 unspecified atom stereocenters. The van der Waals surface area contributed by atoms with E-state index >= 15 is 0 Å². The van der Waals surface area contributed by atoms with Gasteiger partial charge in [-0.2, -0.15) is 0 Å². The van der Waals surface area contributed by atoms with Crippen LogP contribution in [-0.2, 0) is 11.2 Å². The van der Waals surface area contributed by atoms with Crippen LogP contribution in [0.5, 0.6) is 0 Å². The Morgan fingerprint density at radius 2 is 2.00 bits per heavy atom. The van der Waals surface area contributed by atoms with Crippen LogP contribution in [0, 0.1) is 13.8 Å². The second-order valence-electron chi connectivity index (χ2n) is 7.10. The van der Waals surface area contributed by atoms with E-state index in [9.17, 15) is 9.59 Å². The fourth-order valence-corrected chi connectivity index (χ4v) is 3.69. The zero-order chi connectivity index (χ0) is 19.4. The molecule has 2 amide bonds. The SMILES string of the molecule is Cc1ccc(CCCNC(=O)c2ccc(Cl)c(N3CCCC3=O)c2)c(C)c1. The van der Waals surface area contributed by atoms with Gasteiger partial charge in [0.1, 0.15) is 0 Å². The van der Waals surface area contributed by atoms with Crippen LogP contribution in [0.1, 0.15) is 46.3 Å². The molecule has 0 spiro atoms. The van der Waals surface area contributed by atoms with Crippen molar-refractivity contribution in [2.24, 2.45) is 0 Å². The van der Waals surface area contributed by atoms with Gasteiger partial charge in [0.25, 0.3) is 5.91 Å². The van der Waals surface area contributed by atoms with E-state index < -0.39 is 0 Å². The molecule has 1 aliphatic rings. The average Bonchev–Trinajstić information content (AvgIpc) is 3.06. The molecular formula is C22H25ClN2O2. The van der Waals surface area contributed by atoms with Gasteiger partial charge in [0.2, 0.25) is 5.91 Å². The molecule has 1 aliphatic heterocycles. The topological polar surface area (TPSA) is 49.4 Å². The number of aryl methyl sites for hydroxylation is 3. The second-order valence-corrected chi connectivity index (χ2v) is 7.51. The van der Waals surface area contributed by atoms with Crippen molar-refractivity contribution in [1.82, 2.24) is 5.32 Å². The van der Waals surface area contributed by atoms with E-state index in [-0.39, 0.29) is 11.8 Å². The Balaban J connectivity index is 1.57. The van der Waals surface area contributed by atoms with Gasteiger partial charge in [-0.3, -0.25) is 9.59 Å². The maximum absolute atomic E-state index is 12.5. The van der Waals surface area contributed by atoms with Gasteiger partial charge in [0, 0.05) is 25.1 Å². The van der Waals surface area contributed by atoms with Crippen LogP contribution in [-0.4, -0.2) is 24.9 Å². The molecule has 0 aromatic heterocycles. The summed E-state index contributed by atoms with van der Waals surface area (Å²) in [6, 6.07) is 11.6. The van der Waals surface area contributed by atoms with E-state index in [4.69, 9.17) is 11.6 Å². The summed E-state index contributed by atoms with van der Waals surface area (Å²) in [4.78, 5) is 26.1. The Morgan fingerprint density at radius 1 is 1.19 bits per heavy atom. The number of amides is 2. The first-order chi connectivity index (χ1) is 13.0. The smallest absolute Gasteiger partial charge is 0.251 e. The maximum atomic E-state index is 12.5. The minimum atomic E-state index is -0.139. The summed E-state index contributed by atoms with van der Waals surface area (Å²) in [5.41, 5.74) is 5.03. The van der Waals surface area contributed by atoms with Gasteiger partial charge in [-0.1, -0.05) is 35.4 Å². The zero-order valence-corrected chi connectivity index (χ0v) is 16.6. The number of hydrogen-bond donors (Lipinski definition) is 1. The number of carbonyl (C=O) groups excluding carboxylic acids is 2. The van der Waals surface area contributed by atoms with E-state index in [1.54, 1.807) is 23.1 Å². The van der Waals surface area contributed by atoms with Gasteiger partial charge >= 0.3 is 0 Å². The molecule has 0 radical (unpaired) electrons. The van der Waals surface area contributed by atoms with Crippen molar-refractivity contribution in [2.45, 2.75) is 39.5 Å². The monoisotopic (exact) mass is 384 g/mol. The van der Waals surface area contributed by atoms with Crippen molar-refractivity contribution in [3.63, 3.8) is 0 Å². The molecule has 0 atom stereocenters. The number of hydrogen-bond acceptors (Lipinski definition) is 2. The molecule has 5 heteroatoms. The van der Waals surface area contributed by atoms with Crippen molar-refractivity contribution in [3.05, 3.63) is 63.7 Å². The average molecular weight is 385 g/mol. The van der Waals surface area contributed by atoms with E-state index in [0.29, 0.717) is 35.8 Å². The Kier molecular flexibility index (Phi) is 6.17. The quantitative estimate of drug-likeness (QED) is 0.748. The Morgan fingerprint density at radius 3 is 2.70 bits per heavy atom. The van der Waals surface area contributed by atoms with Crippen molar-refractivity contribution in [2.75, 3.05) is 18.0 Å². The summed E-state index contributed by atoms with van der Waals surface area (Å²) in [6.45, 7) is 5.47. The summed E-state index contributed by atoms with van der Waals surface area (Å²) >= 11 is 6.24. The van der Waals surface area contributed by atoms with Crippen molar-refractivity contribution in [1.29, 1.82) is 0 Å². The predicted octanol–water partition coefficient (Wildman–Crippen LogP) is 4.45. The number of nitrogens with one attached hydrogen (secondary N) is 1. The maximum Gasteiger partial charge on any atom is 0.251 e. The molecule has 0 saturated carbocycles. The molecule has 0 aliphatic carbocycles. The van der Waals surface area contributed by atoms with E-state index in [0.717, 1.165) is 19.3 Å². The first kappa shape index (κ1) is 19.4. The molecule has 3 rings (SSSR count). The third-order valence-corrected chi connectivity index (χ3v) is 5.30. The molecule has 1 heterocycles. The molecule has 1 N–H and O–H groups in total. The number of halogens is 1. The van der Waals surface area contributed by atoms with E-state index in [2.05, 4.69) is 37.4 Å². The highest BCUT2D eigenvalue weighted by Gasteiger charge is 2.24. The lowest BCUT2D eigenvalue weighted by Gasteiger charge is -2.18. The second kappa shape index (κ2) is 8.57. The van der Waals surface area contributed by atoms with Crippen molar-refractivity contribution in [3.8, 4) is 0 Å². The lowest BCUT2D eigenvalue weighted by molar-refractivity contribution is -0.117. The molecule has 0 bridgehead atoms.